The van der Waals surface area contributed by atoms with Gasteiger partial charge in [-0.15, -0.1) is 0 Å². The van der Waals surface area contributed by atoms with E-state index in [4.69, 9.17) is 0 Å². The maximum absolute atomic E-state index is 11.8. The fourth-order valence-corrected chi connectivity index (χ4v) is 5.11. The number of fused-ring (bicyclic) bond motifs is 3. The maximum atomic E-state index is 11.8. The Morgan fingerprint density at radius 1 is 1.27 bits per heavy atom. The molecule has 1 saturated carbocycles. The fraction of sp³-hybridized carbons (Fsp3) is 0.650. The molecule has 2 aliphatic rings. The molecule has 22 heavy (non-hydrogen) atoms. The second-order valence-corrected chi connectivity index (χ2v) is 8.14. The van der Waals surface area contributed by atoms with Crippen LogP contribution in [0.25, 0.3) is 0 Å². The molecular formula is C20H27O2-. The number of carboxylic acid groups (broad SMARTS) is 1. The zero-order valence-corrected chi connectivity index (χ0v) is 14.2. The number of carbonyl (C=O) groups is 1. The van der Waals surface area contributed by atoms with Crippen LogP contribution in [0.15, 0.2) is 18.2 Å². The third kappa shape index (κ3) is 2.11. The number of aliphatic carboxylic acids is 1. The molecule has 3 atom stereocenters. The molecule has 0 saturated heterocycles. The molecule has 0 radical (unpaired) electrons. The molecule has 3 rings (SSSR count). The van der Waals surface area contributed by atoms with Gasteiger partial charge < -0.3 is 9.90 Å². The summed E-state index contributed by atoms with van der Waals surface area (Å²) in [6.07, 6.45) is 4.79. The van der Waals surface area contributed by atoms with E-state index >= 15 is 0 Å². The normalized spacial score (nSPS) is 34.1. The molecule has 0 aromatic heterocycles. The zero-order chi connectivity index (χ0) is 16.1. The summed E-state index contributed by atoms with van der Waals surface area (Å²) >= 11 is 0. The van der Waals surface area contributed by atoms with Gasteiger partial charge in [0.05, 0.1) is 0 Å². The lowest BCUT2D eigenvalue weighted by molar-refractivity contribution is -0.324. The van der Waals surface area contributed by atoms with Crippen LogP contribution in [0.1, 0.15) is 76.0 Å². The average Bonchev–Trinajstić information content (AvgIpc) is 2.46. The van der Waals surface area contributed by atoms with Crippen LogP contribution in [0.5, 0.6) is 0 Å². The summed E-state index contributed by atoms with van der Waals surface area (Å²) in [6.45, 7) is 8.65. The molecule has 2 nitrogen and oxygen atoms in total. The number of hydrogen-bond acceptors (Lipinski definition) is 2. The standard InChI is InChI=1S/C20H28O2/c1-13(2)14-6-8-16-15(12-14)7-9-17-19(16,3)10-5-11-20(17,4)18(21)22/h6,8,12-13,17H,5,7,9-11H2,1-4H3,(H,21,22)/p-1/t17-,19+,20+/m0/s1. The monoisotopic (exact) mass is 299 g/mol. The smallest absolute Gasteiger partial charge is 0.0476 e. The molecule has 1 fully saturated rings. The van der Waals surface area contributed by atoms with Gasteiger partial charge in [0.25, 0.3) is 0 Å². The molecule has 2 aliphatic carbocycles. The Morgan fingerprint density at radius 2 is 2.00 bits per heavy atom. The van der Waals surface area contributed by atoms with Crippen LogP contribution < -0.4 is 5.11 Å². The van der Waals surface area contributed by atoms with E-state index in [1.165, 1.54) is 16.7 Å². The van der Waals surface area contributed by atoms with Gasteiger partial charge in [-0.1, -0.05) is 52.3 Å². The zero-order valence-electron chi connectivity index (χ0n) is 14.2. The summed E-state index contributed by atoms with van der Waals surface area (Å²) in [6, 6.07) is 6.87. The van der Waals surface area contributed by atoms with Crippen molar-refractivity contribution in [1.29, 1.82) is 0 Å². The van der Waals surface area contributed by atoms with Crippen molar-refractivity contribution in [2.45, 2.75) is 71.1 Å². The number of aryl methyl sites for hydroxylation is 1. The molecule has 0 bridgehead atoms. The molecule has 0 amide bonds. The van der Waals surface area contributed by atoms with Gasteiger partial charge in [0.2, 0.25) is 0 Å². The van der Waals surface area contributed by atoms with E-state index in [1.54, 1.807) is 0 Å². The van der Waals surface area contributed by atoms with Crippen molar-refractivity contribution in [3.8, 4) is 0 Å². The van der Waals surface area contributed by atoms with Crippen LogP contribution in [0.2, 0.25) is 0 Å². The van der Waals surface area contributed by atoms with Crippen LogP contribution >= 0.6 is 0 Å². The second kappa shape index (κ2) is 5.11. The molecule has 1 aromatic carbocycles. The van der Waals surface area contributed by atoms with Gasteiger partial charge >= 0.3 is 0 Å². The van der Waals surface area contributed by atoms with Gasteiger partial charge in [0.15, 0.2) is 0 Å². The predicted molar refractivity (Wildman–Crippen MR) is 86.7 cm³/mol. The summed E-state index contributed by atoms with van der Waals surface area (Å²) in [7, 11) is 0. The van der Waals surface area contributed by atoms with Gasteiger partial charge in [-0.2, -0.15) is 0 Å². The van der Waals surface area contributed by atoms with Crippen molar-refractivity contribution < 1.29 is 9.90 Å². The van der Waals surface area contributed by atoms with E-state index < -0.39 is 11.4 Å². The fourth-order valence-electron chi connectivity index (χ4n) is 5.11. The minimum Gasteiger partial charge on any atom is -0.550 e. The molecule has 0 N–H and O–H groups in total. The number of carboxylic acids is 1. The first-order chi connectivity index (χ1) is 10.3. The van der Waals surface area contributed by atoms with E-state index in [2.05, 4.69) is 39.0 Å². The van der Waals surface area contributed by atoms with Crippen molar-refractivity contribution in [2.24, 2.45) is 11.3 Å². The van der Waals surface area contributed by atoms with Gasteiger partial charge in [-0.3, -0.25) is 0 Å². The summed E-state index contributed by atoms with van der Waals surface area (Å²) in [5.74, 6) is -0.127. The molecular weight excluding hydrogens is 272 g/mol. The number of rotatable bonds is 2. The average molecular weight is 299 g/mol. The van der Waals surface area contributed by atoms with Gasteiger partial charge in [-0.05, 0) is 59.6 Å². The summed E-state index contributed by atoms with van der Waals surface area (Å²) in [5, 5.41) is 11.8. The van der Waals surface area contributed by atoms with Crippen molar-refractivity contribution in [1.82, 2.24) is 0 Å². The predicted octanol–water partition coefficient (Wildman–Crippen LogP) is 3.57. The Morgan fingerprint density at radius 3 is 2.64 bits per heavy atom. The highest BCUT2D eigenvalue weighted by atomic mass is 16.4. The van der Waals surface area contributed by atoms with Crippen LogP contribution in [0.3, 0.4) is 0 Å². The quantitative estimate of drug-likeness (QED) is 0.837. The van der Waals surface area contributed by atoms with Crippen LogP contribution in [0.4, 0.5) is 0 Å². The Balaban J connectivity index is 2.08. The van der Waals surface area contributed by atoms with Crippen LogP contribution in [-0.2, 0) is 16.6 Å². The first-order valence-corrected chi connectivity index (χ1v) is 8.64. The highest BCUT2D eigenvalue weighted by Crippen LogP contribution is 2.57. The third-order valence-electron chi connectivity index (χ3n) is 6.51. The number of carbonyl (C=O) groups excluding carboxylic acids is 1. The topological polar surface area (TPSA) is 40.1 Å². The van der Waals surface area contributed by atoms with Gasteiger partial charge in [-0.25, -0.2) is 0 Å². The first-order valence-electron chi connectivity index (χ1n) is 8.64. The van der Waals surface area contributed by atoms with E-state index in [0.29, 0.717) is 5.92 Å². The largest absolute Gasteiger partial charge is 0.550 e. The first kappa shape index (κ1) is 15.6. The lowest BCUT2D eigenvalue weighted by Gasteiger charge is -2.56. The molecule has 0 unspecified atom stereocenters. The minimum atomic E-state index is -0.856. The SMILES string of the molecule is CC(C)c1ccc2c(c1)CC[C@@H]1[C@](C)(C(=O)[O-])CCC[C@]21C. The number of benzene rings is 1. The van der Waals surface area contributed by atoms with Crippen molar-refractivity contribution in [3.63, 3.8) is 0 Å². The molecule has 1 aromatic rings. The Labute approximate surface area is 133 Å². The van der Waals surface area contributed by atoms with Gasteiger partial charge in [0, 0.05) is 11.4 Å². The van der Waals surface area contributed by atoms with Crippen molar-refractivity contribution in [3.05, 3.63) is 34.9 Å². The maximum Gasteiger partial charge on any atom is 0.0476 e. The van der Waals surface area contributed by atoms with Crippen molar-refractivity contribution >= 4 is 5.97 Å². The minimum absolute atomic E-state index is 0.0177. The van der Waals surface area contributed by atoms with E-state index in [1.807, 2.05) is 6.92 Å². The van der Waals surface area contributed by atoms with Crippen LogP contribution in [-0.4, -0.2) is 5.97 Å². The van der Waals surface area contributed by atoms with E-state index in [-0.39, 0.29) is 11.3 Å². The molecule has 0 heterocycles. The molecule has 120 valence electrons. The Hall–Kier alpha value is -1.31. The highest BCUT2D eigenvalue weighted by Gasteiger charge is 2.52. The Kier molecular flexibility index (Phi) is 3.62. The third-order valence-corrected chi connectivity index (χ3v) is 6.51. The summed E-state index contributed by atoms with van der Waals surface area (Å²) in [5.41, 5.74) is 3.52. The number of hydrogen-bond donors (Lipinski definition) is 0. The Bertz CT molecular complexity index is 604. The molecule has 2 heteroatoms. The lowest BCUT2D eigenvalue weighted by Crippen LogP contribution is -2.56. The van der Waals surface area contributed by atoms with Crippen LogP contribution in [0, 0.1) is 11.3 Å². The second-order valence-electron chi connectivity index (χ2n) is 8.14. The summed E-state index contributed by atoms with van der Waals surface area (Å²) < 4.78 is 0. The van der Waals surface area contributed by atoms with E-state index in [0.717, 1.165) is 32.1 Å². The molecule has 0 aliphatic heterocycles. The highest BCUT2D eigenvalue weighted by molar-refractivity contribution is 5.73. The lowest BCUT2D eigenvalue weighted by atomic mass is 9.50. The van der Waals surface area contributed by atoms with E-state index in [9.17, 15) is 9.90 Å². The van der Waals surface area contributed by atoms with Crippen molar-refractivity contribution in [2.75, 3.05) is 0 Å². The summed E-state index contributed by atoms with van der Waals surface area (Å²) in [4.78, 5) is 11.8. The molecule has 0 spiro atoms. The van der Waals surface area contributed by atoms with Gasteiger partial charge in [0.1, 0.15) is 0 Å².